The lowest BCUT2D eigenvalue weighted by Gasteiger charge is -1.80. The van der Waals surface area contributed by atoms with Gasteiger partial charge in [-0.2, -0.15) is 0 Å². The van der Waals surface area contributed by atoms with Gasteiger partial charge in [0.25, 0.3) is 0 Å². The second kappa shape index (κ2) is 2.94. The molecule has 2 aromatic heterocycles. The Morgan fingerprint density at radius 1 is 1.30 bits per heavy atom. The molecular formula is C6H5ClN2S. The first kappa shape index (κ1) is 7.44. The number of pyridine rings is 1. The van der Waals surface area contributed by atoms with Gasteiger partial charge < -0.3 is 0 Å². The van der Waals surface area contributed by atoms with Gasteiger partial charge in [0.05, 0.1) is 11.0 Å². The van der Waals surface area contributed by atoms with Crippen LogP contribution >= 0.6 is 23.7 Å². The van der Waals surface area contributed by atoms with Gasteiger partial charge in [-0.25, -0.2) is 9.97 Å². The van der Waals surface area contributed by atoms with Crippen molar-refractivity contribution in [2.75, 3.05) is 0 Å². The number of halogens is 1. The summed E-state index contributed by atoms with van der Waals surface area (Å²) in [5.41, 5.74) is 2.79. The van der Waals surface area contributed by atoms with Gasteiger partial charge in [0.15, 0.2) is 0 Å². The smallest absolute Gasteiger partial charge is 0.143 e. The molecular weight excluding hydrogens is 168 g/mol. The van der Waals surface area contributed by atoms with Crippen LogP contribution in [-0.4, -0.2) is 9.97 Å². The van der Waals surface area contributed by atoms with E-state index >= 15 is 0 Å². The fourth-order valence-corrected chi connectivity index (χ4v) is 1.33. The van der Waals surface area contributed by atoms with Gasteiger partial charge in [0.2, 0.25) is 0 Å². The molecule has 0 spiro atoms. The molecule has 0 unspecified atom stereocenters. The Labute approximate surface area is 68.3 Å². The van der Waals surface area contributed by atoms with E-state index in [0.717, 1.165) is 10.3 Å². The maximum atomic E-state index is 4.10. The molecule has 10 heavy (non-hydrogen) atoms. The minimum atomic E-state index is 0. The number of fused-ring (bicyclic) bond motifs is 1. The Hall–Kier alpha value is -0.670. The van der Waals surface area contributed by atoms with Gasteiger partial charge >= 0.3 is 0 Å². The molecule has 0 aliphatic heterocycles. The van der Waals surface area contributed by atoms with Crippen LogP contribution in [0.4, 0.5) is 0 Å². The molecule has 0 amide bonds. The molecule has 0 aromatic carbocycles. The van der Waals surface area contributed by atoms with Crippen molar-refractivity contribution in [2.24, 2.45) is 0 Å². The lowest BCUT2D eigenvalue weighted by Crippen LogP contribution is -1.68. The SMILES string of the molecule is Cl.c1cnc2scnc2c1. The summed E-state index contributed by atoms with van der Waals surface area (Å²) in [6, 6.07) is 3.85. The zero-order chi connectivity index (χ0) is 6.10. The molecule has 0 aliphatic rings. The predicted molar refractivity (Wildman–Crippen MR) is 44.7 cm³/mol. The van der Waals surface area contributed by atoms with E-state index in [0.29, 0.717) is 0 Å². The van der Waals surface area contributed by atoms with E-state index in [1.807, 2.05) is 12.1 Å². The van der Waals surface area contributed by atoms with E-state index in [1.54, 1.807) is 23.0 Å². The predicted octanol–water partition coefficient (Wildman–Crippen LogP) is 2.11. The zero-order valence-corrected chi connectivity index (χ0v) is 6.65. The van der Waals surface area contributed by atoms with Crippen LogP contribution in [0.15, 0.2) is 23.8 Å². The number of aromatic nitrogens is 2. The monoisotopic (exact) mass is 172 g/mol. The number of hydrogen-bond donors (Lipinski definition) is 0. The minimum absolute atomic E-state index is 0. The molecule has 0 aliphatic carbocycles. The van der Waals surface area contributed by atoms with Crippen molar-refractivity contribution >= 4 is 34.1 Å². The molecule has 2 aromatic rings. The molecule has 0 radical (unpaired) electrons. The fourth-order valence-electron chi connectivity index (χ4n) is 0.704. The molecule has 0 atom stereocenters. The summed E-state index contributed by atoms with van der Waals surface area (Å²) in [7, 11) is 0. The fraction of sp³-hybridized carbons (Fsp3) is 0. The largest absolute Gasteiger partial charge is 0.244 e. The molecule has 0 saturated heterocycles. The van der Waals surface area contributed by atoms with E-state index in [9.17, 15) is 0 Å². The van der Waals surface area contributed by atoms with Crippen LogP contribution in [0.3, 0.4) is 0 Å². The van der Waals surface area contributed by atoms with E-state index in [4.69, 9.17) is 0 Å². The van der Waals surface area contributed by atoms with Gasteiger partial charge in [0, 0.05) is 6.20 Å². The van der Waals surface area contributed by atoms with Crippen molar-refractivity contribution in [3.8, 4) is 0 Å². The lowest BCUT2D eigenvalue weighted by molar-refractivity contribution is 1.41. The van der Waals surface area contributed by atoms with Crippen LogP contribution in [-0.2, 0) is 0 Å². The van der Waals surface area contributed by atoms with Crippen molar-refractivity contribution in [2.45, 2.75) is 0 Å². The summed E-state index contributed by atoms with van der Waals surface area (Å²) in [4.78, 5) is 9.18. The van der Waals surface area contributed by atoms with Crippen molar-refractivity contribution in [3.05, 3.63) is 23.8 Å². The maximum Gasteiger partial charge on any atom is 0.143 e. The first-order valence-electron chi connectivity index (χ1n) is 2.61. The first-order valence-corrected chi connectivity index (χ1v) is 3.49. The van der Waals surface area contributed by atoms with Crippen molar-refractivity contribution in [1.82, 2.24) is 9.97 Å². The van der Waals surface area contributed by atoms with Gasteiger partial charge in [-0.15, -0.1) is 23.7 Å². The molecule has 0 bridgehead atoms. The molecule has 52 valence electrons. The molecule has 0 saturated carbocycles. The minimum Gasteiger partial charge on any atom is -0.244 e. The second-order valence-corrected chi connectivity index (χ2v) is 2.51. The maximum absolute atomic E-state index is 4.10. The highest BCUT2D eigenvalue weighted by Gasteiger charge is 1.91. The molecule has 4 heteroatoms. The average molecular weight is 173 g/mol. The van der Waals surface area contributed by atoms with Crippen LogP contribution in [0.5, 0.6) is 0 Å². The summed E-state index contributed by atoms with van der Waals surface area (Å²) in [6.07, 6.45) is 1.78. The molecule has 0 fully saturated rings. The van der Waals surface area contributed by atoms with Gasteiger partial charge in [0.1, 0.15) is 4.83 Å². The topological polar surface area (TPSA) is 25.8 Å². The highest BCUT2D eigenvalue weighted by atomic mass is 35.5. The number of thiazole rings is 1. The van der Waals surface area contributed by atoms with Crippen LogP contribution < -0.4 is 0 Å². The third-order valence-corrected chi connectivity index (χ3v) is 1.86. The summed E-state index contributed by atoms with van der Waals surface area (Å²) < 4.78 is 0. The van der Waals surface area contributed by atoms with E-state index in [-0.39, 0.29) is 12.4 Å². The van der Waals surface area contributed by atoms with Crippen molar-refractivity contribution in [3.63, 3.8) is 0 Å². The van der Waals surface area contributed by atoms with E-state index in [1.165, 1.54) is 0 Å². The summed E-state index contributed by atoms with van der Waals surface area (Å²) in [5.74, 6) is 0. The number of hydrogen-bond acceptors (Lipinski definition) is 3. The summed E-state index contributed by atoms with van der Waals surface area (Å²) >= 11 is 1.57. The van der Waals surface area contributed by atoms with Crippen LogP contribution in [0.25, 0.3) is 10.3 Å². The van der Waals surface area contributed by atoms with Gasteiger partial charge in [-0.3, -0.25) is 0 Å². The van der Waals surface area contributed by atoms with Crippen LogP contribution in [0.1, 0.15) is 0 Å². The third kappa shape index (κ3) is 1.10. The standard InChI is InChI=1S/C6H4N2S.ClH/c1-2-5-6(7-3-1)9-4-8-5;/h1-4H;1H. The highest BCUT2D eigenvalue weighted by Crippen LogP contribution is 2.12. The first-order chi connectivity index (χ1) is 4.47. The Kier molecular flexibility index (Phi) is 2.19. The van der Waals surface area contributed by atoms with E-state index < -0.39 is 0 Å². The quantitative estimate of drug-likeness (QED) is 0.609. The Balaban J connectivity index is 0.000000500. The normalized spacial score (nSPS) is 9.20. The molecule has 2 nitrogen and oxygen atoms in total. The Morgan fingerprint density at radius 2 is 2.20 bits per heavy atom. The Morgan fingerprint density at radius 3 is 3.00 bits per heavy atom. The average Bonchev–Trinajstić information content (AvgIpc) is 2.33. The highest BCUT2D eigenvalue weighted by molar-refractivity contribution is 7.16. The second-order valence-electron chi connectivity index (χ2n) is 1.68. The van der Waals surface area contributed by atoms with Crippen molar-refractivity contribution in [1.29, 1.82) is 0 Å². The molecule has 0 N–H and O–H groups in total. The zero-order valence-electron chi connectivity index (χ0n) is 5.02. The molecule has 2 rings (SSSR count). The Bertz CT molecular complexity index is 290. The van der Waals surface area contributed by atoms with Crippen molar-refractivity contribution < 1.29 is 0 Å². The van der Waals surface area contributed by atoms with Crippen LogP contribution in [0.2, 0.25) is 0 Å². The summed E-state index contributed by atoms with van der Waals surface area (Å²) in [6.45, 7) is 0. The van der Waals surface area contributed by atoms with E-state index in [2.05, 4.69) is 9.97 Å². The summed E-state index contributed by atoms with van der Waals surface area (Å²) in [5, 5.41) is 0. The lowest BCUT2D eigenvalue weighted by atomic mass is 10.5. The number of nitrogens with zero attached hydrogens (tertiary/aromatic N) is 2. The van der Waals surface area contributed by atoms with Crippen LogP contribution in [0, 0.1) is 0 Å². The molecule has 2 heterocycles. The van der Waals surface area contributed by atoms with Gasteiger partial charge in [-0.1, -0.05) is 0 Å². The van der Waals surface area contributed by atoms with Gasteiger partial charge in [-0.05, 0) is 12.1 Å². The number of rotatable bonds is 0. The third-order valence-electron chi connectivity index (χ3n) is 1.11.